The third-order valence-corrected chi connectivity index (χ3v) is 2.17. The lowest BCUT2D eigenvalue weighted by Gasteiger charge is -2.11. The number of benzene rings is 1. The lowest BCUT2D eigenvalue weighted by atomic mass is 10.0. The molecule has 0 heterocycles. The highest BCUT2D eigenvalue weighted by Gasteiger charge is 2.09. The Morgan fingerprint density at radius 3 is 2.36 bits per heavy atom. The number of phenolic OH excluding ortho intramolecular Hbond substituents is 1. The molecular formula is C11H16O3. The molecule has 0 amide bonds. The van der Waals surface area contributed by atoms with Crippen LogP contribution in [0.2, 0.25) is 0 Å². The second kappa shape index (κ2) is 4.98. The average molecular weight is 196 g/mol. The number of methoxy groups -OCH3 is 2. The molecule has 0 unspecified atom stereocenters. The highest BCUT2D eigenvalue weighted by molar-refractivity contribution is 5.44. The molecule has 3 heteroatoms. The molecule has 0 saturated heterocycles. The first-order chi connectivity index (χ1) is 6.70. The second-order valence-corrected chi connectivity index (χ2v) is 3.23. The zero-order chi connectivity index (χ0) is 10.6. The van der Waals surface area contributed by atoms with Crippen LogP contribution < -0.4 is 0 Å². The fraction of sp³-hybridized carbons (Fsp3) is 0.455. The predicted molar refractivity (Wildman–Crippen MR) is 54.3 cm³/mol. The van der Waals surface area contributed by atoms with Gasteiger partial charge in [0.25, 0.3) is 0 Å². The molecule has 0 aromatic heterocycles. The Balaban J connectivity index is 3.08. The first kappa shape index (κ1) is 11.0. The van der Waals surface area contributed by atoms with Gasteiger partial charge in [-0.25, -0.2) is 0 Å². The van der Waals surface area contributed by atoms with E-state index < -0.39 is 0 Å². The number of hydrogen-bond acceptors (Lipinski definition) is 3. The zero-order valence-corrected chi connectivity index (χ0v) is 8.83. The van der Waals surface area contributed by atoms with Crippen molar-refractivity contribution in [3.8, 4) is 5.75 Å². The Kier molecular flexibility index (Phi) is 3.92. The monoisotopic (exact) mass is 196 g/mol. The van der Waals surface area contributed by atoms with Gasteiger partial charge in [-0.05, 0) is 18.1 Å². The molecule has 1 N–H and O–H groups in total. The molecule has 1 aromatic rings. The lowest BCUT2D eigenvalue weighted by molar-refractivity contribution is 0.166. The van der Waals surface area contributed by atoms with E-state index in [1.54, 1.807) is 14.2 Å². The Morgan fingerprint density at radius 1 is 1.14 bits per heavy atom. The van der Waals surface area contributed by atoms with E-state index in [-0.39, 0.29) is 0 Å². The second-order valence-electron chi connectivity index (χ2n) is 3.23. The molecule has 1 aromatic carbocycles. The van der Waals surface area contributed by atoms with Gasteiger partial charge in [0.15, 0.2) is 0 Å². The van der Waals surface area contributed by atoms with Gasteiger partial charge >= 0.3 is 0 Å². The number of hydrogen-bond donors (Lipinski definition) is 1. The zero-order valence-electron chi connectivity index (χ0n) is 8.83. The summed E-state index contributed by atoms with van der Waals surface area (Å²) >= 11 is 0. The third kappa shape index (κ3) is 2.25. The van der Waals surface area contributed by atoms with Crippen molar-refractivity contribution in [3.05, 3.63) is 28.8 Å². The van der Waals surface area contributed by atoms with Crippen LogP contribution in [0.4, 0.5) is 0 Å². The van der Waals surface area contributed by atoms with Crippen LogP contribution in [0.1, 0.15) is 16.7 Å². The van der Waals surface area contributed by atoms with Crippen LogP contribution in [0.5, 0.6) is 5.75 Å². The van der Waals surface area contributed by atoms with E-state index in [1.165, 1.54) is 0 Å². The van der Waals surface area contributed by atoms with Gasteiger partial charge in [0.1, 0.15) is 5.75 Å². The SMILES string of the molecule is COCc1ccc(C)c(O)c1COC. The number of aryl methyl sites for hydroxylation is 1. The molecule has 0 saturated carbocycles. The lowest BCUT2D eigenvalue weighted by Crippen LogP contribution is -1.99. The standard InChI is InChI=1S/C11H16O3/c1-8-4-5-9(6-13-2)10(7-14-3)11(8)12/h4-5,12H,6-7H2,1-3H3. The third-order valence-electron chi connectivity index (χ3n) is 2.17. The summed E-state index contributed by atoms with van der Waals surface area (Å²) < 4.78 is 10.1. The van der Waals surface area contributed by atoms with Crippen LogP contribution >= 0.6 is 0 Å². The Morgan fingerprint density at radius 2 is 1.79 bits per heavy atom. The predicted octanol–water partition coefficient (Wildman–Crippen LogP) is 1.99. The van der Waals surface area contributed by atoms with Crippen LogP contribution in [0.25, 0.3) is 0 Å². The molecule has 0 spiro atoms. The summed E-state index contributed by atoms with van der Waals surface area (Å²) in [5, 5.41) is 9.80. The molecular weight excluding hydrogens is 180 g/mol. The Labute approximate surface area is 84.3 Å². The summed E-state index contributed by atoms with van der Waals surface area (Å²) in [6, 6.07) is 3.83. The van der Waals surface area contributed by atoms with E-state index >= 15 is 0 Å². The fourth-order valence-corrected chi connectivity index (χ4v) is 1.39. The quantitative estimate of drug-likeness (QED) is 0.800. The van der Waals surface area contributed by atoms with Crippen LogP contribution in [0.15, 0.2) is 12.1 Å². The van der Waals surface area contributed by atoms with Crippen molar-refractivity contribution in [1.29, 1.82) is 0 Å². The van der Waals surface area contributed by atoms with Gasteiger partial charge < -0.3 is 14.6 Å². The van der Waals surface area contributed by atoms with E-state index in [1.807, 2.05) is 19.1 Å². The molecule has 1 rings (SSSR count). The largest absolute Gasteiger partial charge is 0.507 e. The molecule has 0 fully saturated rings. The van der Waals surface area contributed by atoms with Gasteiger partial charge in [0.2, 0.25) is 0 Å². The topological polar surface area (TPSA) is 38.7 Å². The molecule has 78 valence electrons. The van der Waals surface area contributed by atoms with Crippen molar-refractivity contribution in [1.82, 2.24) is 0 Å². The number of rotatable bonds is 4. The maximum absolute atomic E-state index is 9.80. The van der Waals surface area contributed by atoms with E-state index in [0.29, 0.717) is 19.0 Å². The minimum Gasteiger partial charge on any atom is -0.507 e. The van der Waals surface area contributed by atoms with Gasteiger partial charge in [-0.2, -0.15) is 0 Å². The molecule has 0 bridgehead atoms. The Bertz CT molecular complexity index is 308. The van der Waals surface area contributed by atoms with Crippen LogP contribution in [0.3, 0.4) is 0 Å². The van der Waals surface area contributed by atoms with Gasteiger partial charge in [-0.15, -0.1) is 0 Å². The van der Waals surface area contributed by atoms with Crippen molar-refractivity contribution in [3.63, 3.8) is 0 Å². The summed E-state index contributed by atoms with van der Waals surface area (Å²) in [7, 11) is 3.24. The van der Waals surface area contributed by atoms with Crippen molar-refractivity contribution >= 4 is 0 Å². The maximum Gasteiger partial charge on any atom is 0.124 e. The Hall–Kier alpha value is -1.06. The van der Waals surface area contributed by atoms with E-state index in [2.05, 4.69) is 0 Å². The number of ether oxygens (including phenoxy) is 2. The van der Waals surface area contributed by atoms with Crippen molar-refractivity contribution in [2.45, 2.75) is 20.1 Å². The summed E-state index contributed by atoms with van der Waals surface area (Å²) in [5.74, 6) is 0.307. The van der Waals surface area contributed by atoms with E-state index in [0.717, 1.165) is 16.7 Å². The van der Waals surface area contributed by atoms with E-state index in [4.69, 9.17) is 9.47 Å². The molecule has 0 atom stereocenters. The summed E-state index contributed by atoms with van der Waals surface area (Å²) in [5.41, 5.74) is 2.64. The summed E-state index contributed by atoms with van der Waals surface area (Å²) in [6.45, 7) is 2.77. The molecule has 0 aliphatic carbocycles. The highest BCUT2D eigenvalue weighted by atomic mass is 16.5. The molecule has 0 radical (unpaired) electrons. The smallest absolute Gasteiger partial charge is 0.124 e. The molecule has 14 heavy (non-hydrogen) atoms. The minimum atomic E-state index is 0.307. The first-order valence-corrected chi connectivity index (χ1v) is 4.49. The van der Waals surface area contributed by atoms with Gasteiger partial charge in [-0.3, -0.25) is 0 Å². The molecule has 0 aliphatic rings. The van der Waals surface area contributed by atoms with Gasteiger partial charge in [0, 0.05) is 19.8 Å². The normalized spacial score (nSPS) is 10.5. The summed E-state index contributed by atoms with van der Waals surface area (Å²) in [4.78, 5) is 0. The van der Waals surface area contributed by atoms with E-state index in [9.17, 15) is 5.11 Å². The van der Waals surface area contributed by atoms with Crippen LogP contribution in [-0.4, -0.2) is 19.3 Å². The maximum atomic E-state index is 9.80. The summed E-state index contributed by atoms with van der Waals surface area (Å²) in [6.07, 6.45) is 0. The first-order valence-electron chi connectivity index (χ1n) is 4.49. The van der Waals surface area contributed by atoms with Crippen molar-refractivity contribution in [2.24, 2.45) is 0 Å². The van der Waals surface area contributed by atoms with Crippen LogP contribution in [0, 0.1) is 6.92 Å². The van der Waals surface area contributed by atoms with Gasteiger partial charge in [0.05, 0.1) is 13.2 Å². The van der Waals surface area contributed by atoms with Crippen molar-refractivity contribution < 1.29 is 14.6 Å². The van der Waals surface area contributed by atoms with Crippen molar-refractivity contribution in [2.75, 3.05) is 14.2 Å². The highest BCUT2D eigenvalue weighted by Crippen LogP contribution is 2.26. The number of phenols is 1. The minimum absolute atomic E-state index is 0.307. The van der Waals surface area contributed by atoms with Gasteiger partial charge in [-0.1, -0.05) is 12.1 Å². The average Bonchev–Trinajstić information content (AvgIpc) is 2.18. The molecule has 0 aliphatic heterocycles. The van der Waals surface area contributed by atoms with Crippen LogP contribution in [-0.2, 0) is 22.7 Å². The fourth-order valence-electron chi connectivity index (χ4n) is 1.39. The number of aromatic hydroxyl groups is 1. The molecule has 3 nitrogen and oxygen atoms in total.